The maximum absolute atomic E-state index is 13.0. The molecule has 4 rings (SSSR count). The molecule has 0 amide bonds. The first-order valence-corrected chi connectivity index (χ1v) is 10.0. The lowest BCUT2D eigenvalue weighted by Gasteiger charge is -2.42. The van der Waals surface area contributed by atoms with Gasteiger partial charge in [0, 0.05) is 51.0 Å². The van der Waals surface area contributed by atoms with Gasteiger partial charge in [-0.1, -0.05) is 0 Å². The summed E-state index contributed by atoms with van der Waals surface area (Å²) in [4.78, 5) is 14.7. The molecule has 2 aliphatic rings. The number of alkyl halides is 3. The van der Waals surface area contributed by atoms with Gasteiger partial charge in [0.05, 0.1) is 12.8 Å². The molecule has 2 fully saturated rings. The van der Waals surface area contributed by atoms with Gasteiger partial charge < -0.3 is 9.32 Å². The molecule has 9 heteroatoms. The summed E-state index contributed by atoms with van der Waals surface area (Å²) < 4.78 is 44.6. The second-order valence-electron chi connectivity index (χ2n) is 7.80. The van der Waals surface area contributed by atoms with Crippen LogP contribution < -0.4 is 4.90 Å². The van der Waals surface area contributed by atoms with E-state index in [0.29, 0.717) is 24.8 Å². The molecule has 0 atom stereocenters. The zero-order valence-corrected chi connectivity index (χ0v) is 16.5. The Hall–Kier alpha value is -2.13. The van der Waals surface area contributed by atoms with Crippen LogP contribution in [0, 0.1) is 6.92 Å². The average molecular weight is 409 g/mol. The number of nitrogens with zero attached hydrogens (tertiary/aromatic N) is 5. The maximum Gasteiger partial charge on any atom is 0.433 e. The van der Waals surface area contributed by atoms with E-state index < -0.39 is 11.9 Å². The van der Waals surface area contributed by atoms with Gasteiger partial charge in [-0.25, -0.2) is 9.97 Å². The Morgan fingerprint density at radius 3 is 2.41 bits per heavy atom. The van der Waals surface area contributed by atoms with Crippen molar-refractivity contribution in [1.29, 1.82) is 0 Å². The van der Waals surface area contributed by atoms with Gasteiger partial charge in [-0.15, -0.1) is 0 Å². The van der Waals surface area contributed by atoms with Crippen LogP contribution in [0.2, 0.25) is 0 Å². The molecule has 4 heterocycles. The summed E-state index contributed by atoms with van der Waals surface area (Å²) in [6.07, 6.45) is -0.551. The van der Waals surface area contributed by atoms with Crippen molar-refractivity contribution >= 4 is 5.95 Å². The van der Waals surface area contributed by atoms with Gasteiger partial charge in [0.2, 0.25) is 5.95 Å². The highest BCUT2D eigenvalue weighted by Crippen LogP contribution is 2.29. The number of piperidine rings is 1. The summed E-state index contributed by atoms with van der Waals surface area (Å²) in [7, 11) is 0. The van der Waals surface area contributed by atoms with Gasteiger partial charge in [0.25, 0.3) is 0 Å². The lowest BCUT2D eigenvalue weighted by molar-refractivity contribution is -0.141. The molecule has 0 aliphatic carbocycles. The number of hydrogen-bond donors (Lipinski definition) is 0. The van der Waals surface area contributed by atoms with E-state index in [9.17, 15) is 13.2 Å². The minimum atomic E-state index is -4.45. The molecule has 6 nitrogen and oxygen atoms in total. The molecular weight excluding hydrogens is 383 g/mol. The van der Waals surface area contributed by atoms with Gasteiger partial charge in [-0.05, 0) is 38.0 Å². The van der Waals surface area contributed by atoms with E-state index in [1.54, 1.807) is 13.2 Å². The Morgan fingerprint density at radius 2 is 1.79 bits per heavy atom. The van der Waals surface area contributed by atoms with Crippen LogP contribution in [-0.4, -0.2) is 65.1 Å². The second kappa shape index (κ2) is 8.31. The Balaban J connectivity index is 1.29. The van der Waals surface area contributed by atoms with E-state index in [1.807, 2.05) is 17.0 Å². The fraction of sp³-hybridized carbons (Fsp3) is 0.600. The van der Waals surface area contributed by atoms with Crippen LogP contribution in [0.15, 0.2) is 28.9 Å². The molecule has 2 aromatic heterocycles. The molecule has 0 N–H and O–H groups in total. The molecule has 0 unspecified atom stereocenters. The molecule has 0 aromatic carbocycles. The van der Waals surface area contributed by atoms with Crippen LogP contribution >= 0.6 is 0 Å². The summed E-state index contributed by atoms with van der Waals surface area (Å²) in [6.45, 7) is 7.42. The van der Waals surface area contributed by atoms with Gasteiger partial charge in [0.15, 0.2) is 0 Å². The standard InChI is InChI=1S/C20H26F3N5O/c1-15-13-18(20(21,22)23)25-19(24-15)28-10-8-27(9-11-28)16-4-6-26(7-5-16)14-17-3-2-12-29-17/h2-3,12-13,16H,4-11,14H2,1H3. The SMILES string of the molecule is Cc1cc(C(F)(F)F)nc(N2CCN(C3CCN(Cc4ccco4)CC3)CC2)n1. The summed E-state index contributed by atoms with van der Waals surface area (Å²) in [6, 6.07) is 5.44. The zero-order chi connectivity index (χ0) is 20.4. The van der Waals surface area contributed by atoms with E-state index in [0.717, 1.165) is 57.4 Å². The molecule has 0 bridgehead atoms. The zero-order valence-electron chi connectivity index (χ0n) is 16.5. The van der Waals surface area contributed by atoms with Crippen molar-refractivity contribution in [1.82, 2.24) is 19.8 Å². The second-order valence-corrected chi connectivity index (χ2v) is 7.80. The summed E-state index contributed by atoms with van der Waals surface area (Å²) >= 11 is 0. The molecule has 0 spiro atoms. The Kier molecular flexibility index (Phi) is 5.78. The minimum absolute atomic E-state index is 0.185. The number of aromatic nitrogens is 2. The van der Waals surface area contributed by atoms with E-state index >= 15 is 0 Å². The number of aryl methyl sites for hydroxylation is 1. The first-order chi connectivity index (χ1) is 13.9. The lowest BCUT2D eigenvalue weighted by atomic mass is 10.0. The van der Waals surface area contributed by atoms with Gasteiger partial charge in [-0.2, -0.15) is 13.2 Å². The van der Waals surface area contributed by atoms with E-state index in [4.69, 9.17) is 4.42 Å². The highest BCUT2D eigenvalue weighted by Gasteiger charge is 2.34. The van der Waals surface area contributed by atoms with E-state index in [-0.39, 0.29) is 5.95 Å². The number of likely N-dealkylation sites (tertiary alicyclic amines) is 1. The maximum atomic E-state index is 13.0. The number of furan rings is 1. The third-order valence-electron chi connectivity index (χ3n) is 5.76. The van der Waals surface area contributed by atoms with E-state index in [1.165, 1.54) is 0 Å². The normalized spacial score (nSPS) is 20.3. The Morgan fingerprint density at radius 1 is 1.07 bits per heavy atom. The number of halogens is 3. The number of piperazine rings is 1. The quantitative estimate of drug-likeness (QED) is 0.773. The highest BCUT2D eigenvalue weighted by atomic mass is 19.4. The molecule has 158 valence electrons. The molecule has 29 heavy (non-hydrogen) atoms. The Labute approximate surface area is 168 Å². The molecule has 2 aliphatic heterocycles. The summed E-state index contributed by atoms with van der Waals surface area (Å²) in [5.74, 6) is 1.18. The molecule has 2 saturated heterocycles. The van der Waals surface area contributed by atoms with Crippen LogP contribution in [0.3, 0.4) is 0 Å². The monoisotopic (exact) mass is 409 g/mol. The van der Waals surface area contributed by atoms with Gasteiger partial charge >= 0.3 is 6.18 Å². The van der Waals surface area contributed by atoms with Gasteiger partial charge in [0.1, 0.15) is 11.5 Å². The van der Waals surface area contributed by atoms with Gasteiger partial charge in [-0.3, -0.25) is 9.80 Å². The van der Waals surface area contributed by atoms with Crippen molar-refractivity contribution in [3.05, 3.63) is 41.6 Å². The third kappa shape index (κ3) is 4.90. The largest absolute Gasteiger partial charge is 0.468 e. The van der Waals surface area contributed by atoms with Crippen LogP contribution in [0.1, 0.15) is 30.0 Å². The number of hydrogen-bond acceptors (Lipinski definition) is 6. The van der Waals surface area contributed by atoms with Crippen LogP contribution in [0.5, 0.6) is 0 Å². The van der Waals surface area contributed by atoms with Crippen molar-refractivity contribution in [2.45, 2.75) is 38.5 Å². The molecular formula is C20H26F3N5O. The van der Waals surface area contributed by atoms with Crippen LogP contribution in [0.4, 0.5) is 19.1 Å². The number of rotatable bonds is 4. The topological polar surface area (TPSA) is 48.6 Å². The van der Waals surface area contributed by atoms with Crippen molar-refractivity contribution in [2.75, 3.05) is 44.2 Å². The third-order valence-corrected chi connectivity index (χ3v) is 5.76. The van der Waals surface area contributed by atoms with Crippen molar-refractivity contribution in [2.24, 2.45) is 0 Å². The van der Waals surface area contributed by atoms with Crippen molar-refractivity contribution in [3.63, 3.8) is 0 Å². The molecule has 2 aromatic rings. The fourth-order valence-electron chi connectivity index (χ4n) is 4.19. The van der Waals surface area contributed by atoms with E-state index in [2.05, 4.69) is 19.8 Å². The predicted octanol–water partition coefficient (Wildman–Crippen LogP) is 3.18. The smallest absolute Gasteiger partial charge is 0.433 e. The Bertz CT molecular complexity index is 795. The van der Waals surface area contributed by atoms with Crippen LogP contribution in [-0.2, 0) is 12.7 Å². The lowest BCUT2D eigenvalue weighted by Crippen LogP contribution is -2.53. The average Bonchev–Trinajstić information content (AvgIpc) is 3.21. The first kappa shape index (κ1) is 20.2. The highest BCUT2D eigenvalue weighted by molar-refractivity contribution is 5.34. The number of anilines is 1. The minimum Gasteiger partial charge on any atom is -0.468 e. The van der Waals surface area contributed by atoms with Crippen LogP contribution in [0.25, 0.3) is 0 Å². The molecule has 0 radical (unpaired) electrons. The van der Waals surface area contributed by atoms with Crippen molar-refractivity contribution < 1.29 is 17.6 Å². The molecule has 0 saturated carbocycles. The predicted molar refractivity (Wildman–Crippen MR) is 103 cm³/mol. The summed E-state index contributed by atoms with van der Waals surface area (Å²) in [5, 5.41) is 0. The summed E-state index contributed by atoms with van der Waals surface area (Å²) in [5.41, 5.74) is -0.528. The van der Waals surface area contributed by atoms with Crippen molar-refractivity contribution in [3.8, 4) is 0 Å². The fourth-order valence-corrected chi connectivity index (χ4v) is 4.19. The first-order valence-electron chi connectivity index (χ1n) is 10.0.